The smallest absolute Gasteiger partial charge is 0.170 e. The van der Waals surface area contributed by atoms with Gasteiger partial charge in [0.2, 0.25) is 0 Å². The molecule has 2 rings (SSSR count). The number of ether oxygens (including phenoxy) is 1. The Morgan fingerprint density at radius 3 is 2.43 bits per heavy atom. The van der Waals surface area contributed by atoms with Gasteiger partial charge in [0.25, 0.3) is 0 Å². The van der Waals surface area contributed by atoms with E-state index in [-0.39, 0.29) is 5.78 Å². The van der Waals surface area contributed by atoms with Gasteiger partial charge in [-0.2, -0.15) is 0 Å². The lowest BCUT2D eigenvalue weighted by Gasteiger charge is -2.11. The van der Waals surface area contributed by atoms with Gasteiger partial charge in [0.05, 0.1) is 12.2 Å². The number of benzene rings is 2. The number of carbonyl (C=O) groups excluding carboxylic acids is 1. The molecule has 0 radical (unpaired) electrons. The predicted octanol–water partition coefficient (Wildman–Crippen LogP) is 4.44. The van der Waals surface area contributed by atoms with Gasteiger partial charge in [-0.3, -0.25) is 4.79 Å². The SMILES string of the molecule is CCOc1ccc(C)cc1C(=O)Cc1ccc(C)c(C)c1. The van der Waals surface area contributed by atoms with Gasteiger partial charge in [0.1, 0.15) is 5.75 Å². The van der Waals surface area contributed by atoms with Crippen LogP contribution < -0.4 is 4.74 Å². The first-order chi connectivity index (χ1) is 10.0. The van der Waals surface area contributed by atoms with E-state index in [1.54, 1.807) is 0 Å². The van der Waals surface area contributed by atoms with Crippen LogP contribution in [0.2, 0.25) is 0 Å². The van der Waals surface area contributed by atoms with Gasteiger partial charge in [-0.1, -0.05) is 29.8 Å². The third-order valence-electron chi connectivity index (χ3n) is 3.67. The zero-order chi connectivity index (χ0) is 15.4. The second kappa shape index (κ2) is 6.57. The van der Waals surface area contributed by atoms with E-state index >= 15 is 0 Å². The summed E-state index contributed by atoms with van der Waals surface area (Å²) in [6.45, 7) is 8.63. The van der Waals surface area contributed by atoms with Crippen LogP contribution in [0.3, 0.4) is 0 Å². The topological polar surface area (TPSA) is 26.3 Å². The van der Waals surface area contributed by atoms with Crippen LogP contribution in [0.5, 0.6) is 5.75 Å². The normalized spacial score (nSPS) is 10.5. The summed E-state index contributed by atoms with van der Waals surface area (Å²) in [6.07, 6.45) is 0.407. The van der Waals surface area contributed by atoms with Crippen LogP contribution >= 0.6 is 0 Å². The van der Waals surface area contributed by atoms with E-state index in [1.165, 1.54) is 11.1 Å². The molecule has 2 aromatic carbocycles. The number of aryl methyl sites for hydroxylation is 3. The van der Waals surface area contributed by atoms with E-state index < -0.39 is 0 Å². The Morgan fingerprint density at radius 1 is 1.00 bits per heavy atom. The highest BCUT2D eigenvalue weighted by molar-refractivity contribution is 6.00. The lowest BCUT2D eigenvalue weighted by Crippen LogP contribution is -2.07. The number of ketones is 1. The van der Waals surface area contributed by atoms with Crippen molar-refractivity contribution in [1.82, 2.24) is 0 Å². The summed E-state index contributed by atoms with van der Waals surface area (Å²) in [4.78, 5) is 12.6. The van der Waals surface area contributed by atoms with E-state index in [4.69, 9.17) is 4.74 Å². The molecule has 0 bridgehead atoms. The Labute approximate surface area is 126 Å². The number of hydrogen-bond acceptors (Lipinski definition) is 2. The molecule has 21 heavy (non-hydrogen) atoms. The maximum absolute atomic E-state index is 12.6. The summed E-state index contributed by atoms with van der Waals surface area (Å²) in [7, 11) is 0. The van der Waals surface area contributed by atoms with Gasteiger partial charge >= 0.3 is 0 Å². The fraction of sp³-hybridized carbons (Fsp3) is 0.316. The van der Waals surface area contributed by atoms with Crippen molar-refractivity contribution in [2.45, 2.75) is 34.1 Å². The molecular weight excluding hydrogens is 260 g/mol. The minimum absolute atomic E-state index is 0.102. The van der Waals surface area contributed by atoms with Gasteiger partial charge in [0.15, 0.2) is 5.78 Å². The third-order valence-corrected chi connectivity index (χ3v) is 3.67. The monoisotopic (exact) mass is 282 g/mol. The largest absolute Gasteiger partial charge is 0.493 e. The fourth-order valence-electron chi connectivity index (χ4n) is 2.34. The summed E-state index contributed by atoms with van der Waals surface area (Å²) < 4.78 is 5.57. The van der Waals surface area contributed by atoms with Crippen molar-refractivity contribution in [3.05, 3.63) is 64.2 Å². The number of carbonyl (C=O) groups is 1. The summed E-state index contributed by atoms with van der Waals surface area (Å²) in [6, 6.07) is 11.9. The van der Waals surface area contributed by atoms with Crippen LogP contribution in [0, 0.1) is 20.8 Å². The van der Waals surface area contributed by atoms with Crippen molar-refractivity contribution in [2.75, 3.05) is 6.61 Å². The van der Waals surface area contributed by atoms with Crippen LogP contribution in [0.4, 0.5) is 0 Å². The van der Waals surface area contributed by atoms with E-state index in [9.17, 15) is 4.79 Å². The quantitative estimate of drug-likeness (QED) is 0.758. The van der Waals surface area contributed by atoms with Crippen molar-refractivity contribution in [1.29, 1.82) is 0 Å². The maximum atomic E-state index is 12.6. The summed E-state index contributed by atoms with van der Waals surface area (Å²) in [5.74, 6) is 0.780. The lowest BCUT2D eigenvalue weighted by atomic mass is 9.98. The number of rotatable bonds is 5. The summed E-state index contributed by atoms with van der Waals surface area (Å²) in [5, 5.41) is 0. The second-order valence-corrected chi connectivity index (χ2v) is 5.45. The van der Waals surface area contributed by atoms with Crippen molar-refractivity contribution >= 4 is 5.78 Å². The van der Waals surface area contributed by atoms with Crippen LogP contribution in [0.15, 0.2) is 36.4 Å². The standard InChI is InChI=1S/C19H22O2/c1-5-21-19-9-6-13(2)10-17(19)18(20)12-16-8-7-14(3)15(4)11-16/h6-11H,5,12H2,1-4H3. The van der Waals surface area contributed by atoms with Gasteiger partial charge in [0, 0.05) is 6.42 Å². The zero-order valence-electron chi connectivity index (χ0n) is 13.2. The molecule has 0 amide bonds. The van der Waals surface area contributed by atoms with Crippen LogP contribution in [-0.4, -0.2) is 12.4 Å². The molecule has 0 N–H and O–H groups in total. The van der Waals surface area contributed by atoms with E-state index in [0.29, 0.717) is 24.3 Å². The van der Waals surface area contributed by atoms with Crippen molar-refractivity contribution in [2.24, 2.45) is 0 Å². The molecule has 2 heteroatoms. The molecule has 0 aliphatic carbocycles. The number of hydrogen-bond donors (Lipinski definition) is 0. The average molecular weight is 282 g/mol. The molecule has 0 atom stereocenters. The molecule has 0 fully saturated rings. The van der Waals surface area contributed by atoms with Crippen molar-refractivity contribution < 1.29 is 9.53 Å². The highest BCUT2D eigenvalue weighted by Crippen LogP contribution is 2.22. The van der Waals surface area contributed by atoms with Crippen molar-refractivity contribution in [3.8, 4) is 5.75 Å². The molecule has 0 heterocycles. The Bertz CT molecular complexity index is 657. The molecule has 0 aliphatic heterocycles. The van der Waals surface area contributed by atoms with Crippen LogP contribution in [-0.2, 0) is 6.42 Å². The summed E-state index contributed by atoms with van der Waals surface area (Å²) in [5.41, 5.74) is 5.26. The molecule has 110 valence electrons. The van der Waals surface area contributed by atoms with E-state index in [2.05, 4.69) is 26.0 Å². The predicted molar refractivity (Wildman–Crippen MR) is 86.3 cm³/mol. The Kier molecular flexibility index (Phi) is 4.79. The molecule has 2 aromatic rings. The summed E-state index contributed by atoms with van der Waals surface area (Å²) >= 11 is 0. The molecule has 0 saturated heterocycles. The third kappa shape index (κ3) is 3.72. The average Bonchev–Trinajstić information content (AvgIpc) is 2.45. The van der Waals surface area contributed by atoms with Gasteiger partial charge in [-0.25, -0.2) is 0 Å². The van der Waals surface area contributed by atoms with Gasteiger partial charge in [-0.15, -0.1) is 0 Å². The van der Waals surface area contributed by atoms with E-state index in [1.807, 2.05) is 38.1 Å². The Hall–Kier alpha value is -2.09. The molecule has 2 nitrogen and oxygen atoms in total. The van der Waals surface area contributed by atoms with Gasteiger partial charge in [-0.05, 0) is 56.5 Å². The Balaban J connectivity index is 2.27. The maximum Gasteiger partial charge on any atom is 0.170 e. The van der Waals surface area contributed by atoms with Crippen LogP contribution in [0.1, 0.15) is 39.5 Å². The molecule has 0 saturated carbocycles. The minimum atomic E-state index is 0.102. The lowest BCUT2D eigenvalue weighted by molar-refractivity contribution is 0.0989. The van der Waals surface area contributed by atoms with Crippen molar-refractivity contribution in [3.63, 3.8) is 0 Å². The molecule has 0 unspecified atom stereocenters. The first-order valence-electron chi connectivity index (χ1n) is 7.34. The van der Waals surface area contributed by atoms with Crippen LogP contribution in [0.25, 0.3) is 0 Å². The fourth-order valence-corrected chi connectivity index (χ4v) is 2.34. The second-order valence-electron chi connectivity index (χ2n) is 5.45. The molecule has 0 aliphatic rings. The highest BCUT2D eigenvalue weighted by Gasteiger charge is 2.13. The highest BCUT2D eigenvalue weighted by atomic mass is 16.5. The molecule has 0 aromatic heterocycles. The minimum Gasteiger partial charge on any atom is -0.493 e. The first-order valence-corrected chi connectivity index (χ1v) is 7.34. The number of Topliss-reactive ketones (excluding diaryl/α,β-unsaturated/α-hetero) is 1. The van der Waals surface area contributed by atoms with E-state index in [0.717, 1.165) is 11.1 Å². The molecular formula is C19H22O2. The van der Waals surface area contributed by atoms with Gasteiger partial charge < -0.3 is 4.74 Å². The Morgan fingerprint density at radius 2 is 1.76 bits per heavy atom. The first kappa shape index (κ1) is 15.3. The zero-order valence-corrected chi connectivity index (χ0v) is 13.2. The molecule has 0 spiro atoms.